The number of hydrogen-bond acceptors (Lipinski definition) is 5. The van der Waals surface area contributed by atoms with Gasteiger partial charge in [0.1, 0.15) is 6.54 Å². The summed E-state index contributed by atoms with van der Waals surface area (Å²) in [5.41, 5.74) is 1.18. The molecule has 25 heavy (non-hydrogen) atoms. The third-order valence-corrected chi connectivity index (χ3v) is 3.93. The Morgan fingerprint density at radius 3 is 2.84 bits per heavy atom. The van der Waals surface area contributed by atoms with Crippen molar-refractivity contribution in [3.8, 4) is 0 Å². The molecule has 3 aromatic rings. The SMILES string of the molecule is COCC(NC(=O)Cn1cnc2ccccc2c1=O)c1ccnn1C. The van der Waals surface area contributed by atoms with Crippen molar-refractivity contribution >= 4 is 16.8 Å². The number of rotatable bonds is 6. The standard InChI is InChI=1S/C17H19N5O3/c1-21-15(7-8-19-21)14(10-25-2)20-16(23)9-22-11-18-13-6-4-3-5-12(13)17(22)24/h3-8,11,14H,9-10H2,1-2H3,(H,20,23). The number of fused-ring (bicyclic) bond motifs is 1. The molecule has 0 radical (unpaired) electrons. The number of methoxy groups -OCH3 is 1. The molecule has 0 saturated carbocycles. The van der Waals surface area contributed by atoms with Gasteiger partial charge in [-0.15, -0.1) is 0 Å². The van der Waals surface area contributed by atoms with Crippen molar-refractivity contribution in [3.05, 3.63) is 58.9 Å². The van der Waals surface area contributed by atoms with Crippen LogP contribution in [0.1, 0.15) is 11.7 Å². The highest BCUT2D eigenvalue weighted by atomic mass is 16.5. The van der Waals surface area contributed by atoms with E-state index in [1.165, 1.54) is 10.9 Å². The minimum absolute atomic E-state index is 0.116. The third kappa shape index (κ3) is 3.58. The maximum absolute atomic E-state index is 12.5. The van der Waals surface area contributed by atoms with Crippen LogP contribution in [-0.4, -0.2) is 39.0 Å². The van der Waals surface area contributed by atoms with Crippen LogP contribution >= 0.6 is 0 Å². The summed E-state index contributed by atoms with van der Waals surface area (Å²) in [6.07, 6.45) is 3.04. The second-order valence-corrected chi connectivity index (χ2v) is 5.65. The lowest BCUT2D eigenvalue weighted by Gasteiger charge is -2.18. The number of para-hydroxylation sites is 1. The summed E-state index contributed by atoms with van der Waals surface area (Å²) < 4.78 is 8.15. The van der Waals surface area contributed by atoms with Gasteiger partial charge in [-0.2, -0.15) is 5.10 Å². The van der Waals surface area contributed by atoms with Crippen LogP contribution in [0.5, 0.6) is 0 Å². The first-order valence-electron chi connectivity index (χ1n) is 7.80. The molecule has 1 unspecified atom stereocenters. The Balaban J connectivity index is 1.79. The highest BCUT2D eigenvalue weighted by molar-refractivity contribution is 5.79. The summed E-state index contributed by atoms with van der Waals surface area (Å²) in [4.78, 5) is 29.1. The molecule has 1 atom stereocenters. The fourth-order valence-corrected chi connectivity index (χ4v) is 2.71. The van der Waals surface area contributed by atoms with Crippen LogP contribution in [0, 0.1) is 0 Å². The fraction of sp³-hybridized carbons (Fsp3) is 0.294. The molecule has 1 aromatic carbocycles. The number of amides is 1. The van der Waals surface area contributed by atoms with E-state index in [0.29, 0.717) is 17.5 Å². The summed E-state index contributed by atoms with van der Waals surface area (Å²) in [6.45, 7) is 0.185. The predicted molar refractivity (Wildman–Crippen MR) is 92.0 cm³/mol. The molecular weight excluding hydrogens is 322 g/mol. The second kappa shape index (κ2) is 7.27. The third-order valence-electron chi connectivity index (χ3n) is 3.93. The summed E-state index contributed by atoms with van der Waals surface area (Å²) in [7, 11) is 3.36. The average molecular weight is 341 g/mol. The zero-order valence-corrected chi connectivity index (χ0v) is 14.0. The molecule has 8 nitrogen and oxygen atoms in total. The van der Waals surface area contributed by atoms with Gasteiger partial charge in [-0.1, -0.05) is 12.1 Å². The van der Waals surface area contributed by atoms with Gasteiger partial charge in [0.25, 0.3) is 5.56 Å². The summed E-state index contributed by atoms with van der Waals surface area (Å²) >= 11 is 0. The van der Waals surface area contributed by atoms with E-state index in [2.05, 4.69) is 15.4 Å². The molecule has 1 N–H and O–H groups in total. The smallest absolute Gasteiger partial charge is 0.261 e. The second-order valence-electron chi connectivity index (χ2n) is 5.65. The Hall–Kier alpha value is -3.00. The quantitative estimate of drug-likeness (QED) is 0.710. The Bertz CT molecular complexity index is 947. The van der Waals surface area contributed by atoms with Gasteiger partial charge >= 0.3 is 0 Å². The zero-order chi connectivity index (χ0) is 17.8. The number of carbonyl (C=O) groups excluding carboxylic acids is 1. The summed E-state index contributed by atoms with van der Waals surface area (Å²) in [5, 5.41) is 7.46. The molecule has 0 saturated heterocycles. The van der Waals surface area contributed by atoms with Gasteiger partial charge in [-0.25, -0.2) is 4.98 Å². The number of ether oxygens (including phenoxy) is 1. The van der Waals surface area contributed by atoms with E-state index in [1.54, 1.807) is 43.2 Å². The molecule has 3 rings (SSSR count). The van der Waals surface area contributed by atoms with Crippen molar-refractivity contribution in [1.29, 1.82) is 0 Å². The number of aromatic nitrogens is 4. The number of benzene rings is 1. The van der Waals surface area contributed by atoms with Crippen molar-refractivity contribution in [2.75, 3.05) is 13.7 Å². The molecule has 2 heterocycles. The maximum atomic E-state index is 12.5. The zero-order valence-electron chi connectivity index (χ0n) is 14.0. The molecule has 0 aliphatic carbocycles. The number of hydrogen-bond donors (Lipinski definition) is 1. The molecule has 0 bridgehead atoms. The first kappa shape index (κ1) is 16.8. The van der Waals surface area contributed by atoms with E-state index < -0.39 is 0 Å². The summed E-state index contributed by atoms with van der Waals surface area (Å²) in [5.74, 6) is -0.303. The number of aryl methyl sites for hydroxylation is 1. The lowest BCUT2D eigenvalue weighted by molar-refractivity contribution is -0.122. The van der Waals surface area contributed by atoms with Gasteiger partial charge in [-0.3, -0.25) is 18.8 Å². The molecule has 0 aliphatic rings. The molecule has 1 amide bonds. The van der Waals surface area contributed by atoms with Crippen LogP contribution in [0.2, 0.25) is 0 Å². The van der Waals surface area contributed by atoms with Crippen LogP contribution in [-0.2, 0) is 23.1 Å². The number of carbonyl (C=O) groups is 1. The highest BCUT2D eigenvalue weighted by Gasteiger charge is 2.18. The average Bonchev–Trinajstić information content (AvgIpc) is 3.03. The van der Waals surface area contributed by atoms with Gasteiger partial charge in [-0.05, 0) is 18.2 Å². The van der Waals surface area contributed by atoms with Crippen molar-refractivity contribution in [3.63, 3.8) is 0 Å². The summed E-state index contributed by atoms with van der Waals surface area (Å²) in [6, 6.07) is 8.50. The van der Waals surface area contributed by atoms with E-state index >= 15 is 0 Å². The van der Waals surface area contributed by atoms with Crippen LogP contribution in [0.25, 0.3) is 10.9 Å². The monoisotopic (exact) mass is 341 g/mol. The lowest BCUT2D eigenvalue weighted by atomic mass is 10.2. The van der Waals surface area contributed by atoms with Crippen molar-refractivity contribution in [1.82, 2.24) is 24.6 Å². The van der Waals surface area contributed by atoms with Gasteiger partial charge < -0.3 is 10.1 Å². The highest BCUT2D eigenvalue weighted by Crippen LogP contribution is 2.12. The largest absolute Gasteiger partial charge is 0.382 e. The van der Waals surface area contributed by atoms with E-state index in [4.69, 9.17) is 4.74 Å². The van der Waals surface area contributed by atoms with E-state index in [9.17, 15) is 9.59 Å². The predicted octanol–water partition coefficient (Wildman–Crippen LogP) is 0.634. The van der Waals surface area contributed by atoms with E-state index in [1.807, 2.05) is 12.1 Å². The minimum atomic E-state index is -0.353. The minimum Gasteiger partial charge on any atom is -0.382 e. The van der Waals surface area contributed by atoms with Gasteiger partial charge in [0.15, 0.2) is 0 Å². The van der Waals surface area contributed by atoms with Crippen LogP contribution < -0.4 is 10.9 Å². The van der Waals surface area contributed by atoms with Crippen LogP contribution in [0.3, 0.4) is 0 Å². The molecular formula is C17H19N5O3. The van der Waals surface area contributed by atoms with Gasteiger partial charge in [0.2, 0.25) is 5.91 Å². The first-order valence-corrected chi connectivity index (χ1v) is 7.80. The molecule has 0 fully saturated rings. The Labute approximate surface area is 144 Å². The molecule has 2 aromatic heterocycles. The Kier molecular flexibility index (Phi) is 4.90. The number of nitrogens with one attached hydrogen (secondary N) is 1. The normalized spacial score (nSPS) is 12.2. The lowest BCUT2D eigenvalue weighted by Crippen LogP contribution is -2.37. The molecule has 0 aliphatic heterocycles. The number of nitrogens with zero attached hydrogens (tertiary/aromatic N) is 4. The Morgan fingerprint density at radius 1 is 1.32 bits per heavy atom. The topological polar surface area (TPSA) is 91.0 Å². The molecule has 130 valence electrons. The first-order chi connectivity index (χ1) is 12.1. The molecule has 0 spiro atoms. The van der Waals surface area contributed by atoms with E-state index in [-0.39, 0.29) is 24.1 Å². The molecule has 8 heteroatoms. The van der Waals surface area contributed by atoms with Crippen molar-refractivity contribution < 1.29 is 9.53 Å². The fourth-order valence-electron chi connectivity index (χ4n) is 2.71. The van der Waals surface area contributed by atoms with Gasteiger partial charge in [0, 0.05) is 20.4 Å². The van der Waals surface area contributed by atoms with Crippen molar-refractivity contribution in [2.24, 2.45) is 7.05 Å². The van der Waals surface area contributed by atoms with Crippen LogP contribution in [0.4, 0.5) is 0 Å². The van der Waals surface area contributed by atoms with Crippen molar-refractivity contribution in [2.45, 2.75) is 12.6 Å². The Morgan fingerprint density at radius 2 is 2.12 bits per heavy atom. The maximum Gasteiger partial charge on any atom is 0.261 e. The van der Waals surface area contributed by atoms with E-state index in [0.717, 1.165) is 5.69 Å². The van der Waals surface area contributed by atoms with Crippen LogP contribution in [0.15, 0.2) is 47.7 Å². The van der Waals surface area contributed by atoms with Gasteiger partial charge in [0.05, 0.1) is 35.6 Å².